The topological polar surface area (TPSA) is 85.6 Å². The highest BCUT2D eigenvalue weighted by Crippen LogP contribution is 2.24. The highest BCUT2D eigenvalue weighted by molar-refractivity contribution is 6.06. The standard InChI is InChI=1S/C19H16N6O/c1-25-18-16(12-23-25)15(9-17(24-18)13-5-4-7-20-10-13)19(26)22-11-14-6-2-3-8-21-14/h2-10,12H,11H2,1H3,(H,22,26). The van der Waals surface area contributed by atoms with Gasteiger partial charge in [-0.25, -0.2) is 4.98 Å². The molecule has 7 heteroatoms. The molecule has 0 saturated carbocycles. The fourth-order valence-corrected chi connectivity index (χ4v) is 2.73. The molecule has 4 aromatic rings. The first-order valence-corrected chi connectivity index (χ1v) is 8.13. The van der Waals surface area contributed by atoms with E-state index in [2.05, 4.69) is 25.4 Å². The van der Waals surface area contributed by atoms with Gasteiger partial charge in [0.1, 0.15) is 0 Å². The maximum absolute atomic E-state index is 12.8. The Hall–Kier alpha value is -3.61. The van der Waals surface area contributed by atoms with Crippen molar-refractivity contribution in [3.63, 3.8) is 0 Å². The second kappa shape index (κ2) is 6.72. The van der Waals surface area contributed by atoms with Gasteiger partial charge in [-0.2, -0.15) is 5.10 Å². The average Bonchev–Trinajstić information content (AvgIpc) is 3.08. The van der Waals surface area contributed by atoms with E-state index in [1.165, 1.54) is 0 Å². The second-order valence-corrected chi connectivity index (χ2v) is 5.81. The largest absolute Gasteiger partial charge is 0.346 e. The van der Waals surface area contributed by atoms with E-state index < -0.39 is 0 Å². The molecule has 1 N–H and O–H groups in total. The summed E-state index contributed by atoms with van der Waals surface area (Å²) in [6.45, 7) is 0.353. The van der Waals surface area contributed by atoms with Crippen LogP contribution in [0.3, 0.4) is 0 Å². The number of hydrogen-bond acceptors (Lipinski definition) is 5. The zero-order valence-corrected chi connectivity index (χ0v) is 14.1. The molecule has 26 heavy (non-hydrogen) atoms. The second-order valence-electron chi connectivity index (χ2n) is 5.81. The number of fused-ring (bicyclic) bond motifs is 1. The number of aromatic nitrogens is 5. The maximum Gasteiger partial charge on any atom is 0.252 e. The number of aryl methyl sites for hydroxylation is 1. The average molecular weight is 344 g/mol. The van der Waals surface area contributed by atoms with Gasteiger partial charge in [-0.1, -0.05) is 6.07 Å². The first-order valence-electron chi connectivity index (χ1n) is 8.13. The summed E-state index contributed by atoms with van der Waals surface area (Å²) in [6.07, 6.45) is 6.78. The Balaban J connectivity index is 1.72. The number of pyridine rings is 3. The van der Waals surface area contributed by atoms with E-state index in [1.54, 1.807) is 42.6 Å². The van der Waals surface area contributed by atoms with Crippen LogP contribution in [-0.4, -0.2) is 30.6 Å². The molecule has 1 amide bonds. The molecule has 0 fully saturated rings. The zero-order valence-electron chi connectivity index (χ0n) is 14.1. The zero-order chi connectivity index (χ0) is 17.9. The van der Waals surface area contributed by atoms with Crippen LogP contribution < -0.4 is 5.32 Å². The van der Waals surface area contributed by atoms with Crippen molar-refractivity contribution in [2.24, 2.45) is 7.05 Å². The quantitative estimate of drug-likeness (QED) is 0.614. The SMILES string of the molecule is Cn1ncc2c(C(=O)NCc3ccccn3)cc(-c3cccnc3)nc21. The van der Waals surface area contributed by atoms with Gasteiger partial charge in [-0.15, -0.1) is 0 Å². The van der Waals surface area contributed by atoms with Gasteiger partial charge in [0.25, 0.3) is 5.91 Å². The predicted molar refractivity (Wildman–Crippen MR) is 97.1 cm³/mol. The van der Waals surface area contributed by atoms with Crippen LogP contribution in [-0.2, 0) is 13.6 Å². The van der Waals surface area contributed by atoms with Crippen LogP contribution in [0.1, 0.15) is 16.1 Å². The van der Waals surface area contributed by atoms with Crippen molar-refractivity contribution in [2.75, 3.05) is 0 Å². The lowest BCUT2D eigenvalue weighted by Gasteiger charge is -2.08. The number of nitrogens with zero attached hydrogens (tertiary/aromatic N) is 5. The van der Waals surface area contributed by atoms with E-state index in [-0.39, 0.29) is 5.91 Å². The van der Waals surface area contributed by atoms with Crippen molar-refractivity contribution in [2.45, 2.75) is 6.54 Å². The lowest BCUT2D eigenvalue weighted by Crippen LogP contribution is -2.23. The minimum atomic E-state index is -0.193. The Kier molecular flexibility index (Phi) is 4.10. The van der Waals surface area contributed by atoms with E-state index in [9.17, 15) is 4.79 Å². The number of hydrogen-bond donors (Lipinski definition) is 1. The van der Waals surface area contributed by atoms with Crippen molar-refractivity contribution in [3.05, 3.63) is 72.4 Å². The summed E-state index contributed by atoms with van der Waals surface area (Å²) in [6, 6.07) is 11.1. The van der Waals surface area contributed by atoms with E-state index in [0.717, 1.165) is 11.3 Å². The number of carbonyl (C=O) groups is 1. The molecule has 4 rings (SSSR count). The van der Waals surface area contributed by atoms with Crippen LogP contribution in [0.5, 0.6) is 0 Å². The van der Waals surface area contributed by atoms with Gasteiger partial charge >= 0.3 is 0 Å². The lowest BCUT2D eigenvalue weighted by atomic mass is 10.1. The summed E-state index contributed by atoms with van der Waals surface area (Å²) < 4.78 is 1.66. The summed E-state index contributed by atoms with van der Waals surface area (Å²) in [5.41, 5.74) is 3.49. The monoisotopic (exact) mass is 344 g/mol. The summed E-state index contributed by atoms with van der Waals surface area (Å²) in [7, 11) is 1.80. The molecule has 0 aromatic carbocycles. The Bertz CT molecular complexity index is 1060. The fraction of sp³-hybridized carbons (Fsp3) is 0.105. The highest BCUT2D eigenvalue weighted by atomic mass is 16.1. The van der Waals surface area contributed by atoms with E-state index in [1.807, 2.05) is 30.3 Å². The predicted octanol–water partition coefficient (Wildman–Crippen LogP) is 2.36. The van der Waals surface area contributed by atoms with Crippen LogP contribution in [0.15, 0.2) is 61.2 Å². The van der Waals surface area contributed by atoms with Crippen LogP contribution in [0.4, 0.5) is 0 Å². The smallest absolute Gasteiger partial charge is 0.252 e. The van der Waals surface area contributed by atoms with Gasteiger partial charge in [0.05, 0.1) is 35.1 Å². The Morgan fingerprint density at radius 2 is 2.08 bits per heavy atom. The molecule has 128 valence electrons. The van der Waals surface area contributed by atoms with Crippen molar-refractivity contribution in [3.8, 4) is 11.3 Å². The molecule has 0 atom stereocenters. The summed E-state index contributed by atoms with van der Waals surface area (Å²) in [5.74, 6) is -0.193. The van der Waals surface area contributed by atoms with Crippen LogP contribution in [0.25, 0.3) is 22.3 Å². The fourth-order valence-electron chi connectivity index (χ4n) is 2.73. The number of carbonyl (C=O) groups excluding carboxylic acids is 1. The van der Waals surface area contributed by atoms with Gasteiger partial charge < -0.3 is 5.32 Å². The molecule has 7 nitrogen and oxygen atoms in total. The van der Waals surface area contributed by atoms with Crippen molar-refractivity contribution >= 4 is 16.9 Å². The maximum atomic E-state index is 12.8. The van der Waals surface area contributed by atoms with Crippen LogP contribution in [0.2, 0.25) is 0 Å². The first kappa shape index (κ1) is 15.9. The lowest BCUT2D eigenvalue weighted by molar-refractivity contribution is 0.0952. The Morgan fingerprint density at radius 1 is 1.15 bits per heavy atom. The third-order valence-corrected chi connectivity index (χ3v) is 4.06. The van der Waals surface area contributed by atoms with Crippen LogP contribution >= 0.6 is 0 Å². The molecule has 0 spiro atoms. The van der Waals surface area contributed by atoms with E-state index >= 15 is 0 Å². The molecule has 0 unspecified atom stereocenters. The summed E-state index contributed by atoms with van der Waals surface area (Å²) >= 11 is 0. The normalized spacial score (nSPS) is 10.8. The molecule has 4 heterocycles. The first-order chi connectivity index (χ1) is 12.7. The van der Waals surface area contributed by atoms with Gasteiger partial charge in [0.2, 0.25) is 0 Å². The van der Waals surface area contributed by atoms with Crippen LogP contribution in [0, 0.1) is 0 Å². The Labute approximate surface area is 149 Å². The minimum Gasteiger partial charge on any atom is -0.346 e. The highest BCUT2D eigenvalue weighted by Gasteiger charge is 2.16. The molecule has 0 saturated heterocycles. The van der Waals surface area contributed by atoms with E-state index in [4.69, 9.17) is 0 Å². The van der Waals surface area contributed by atoms with Gasteiger partial charge in [0, 0.05) is 31.2 Å². The molecule has 0 aliphatic carbocycles. The van der Waals surface area contributed by atoms with Crippen molar-refractivity contribution < 1.29 is 4.79 Å². The molecule has 4 aromatic heterocycles. The summed E-state index contributed by atoms with van der Waals surface area (Å²) in [4.78, 5) is 25.8. The molecule has 0 radical (unpaired) electrons. The molecule has 0 bridgehead atoms. The minimum absolute atomic E-state index is 0.193. The Morgan fingerprint density at radius 3 is 2.85 bits per heavy atom. The summed E-state index contributed by atoms with van der Waals surface area (Å²) in [5, 5.41) is 7.86. The van der Waals surface area contributed by atoms with Gasteiger partial charge in [0.15, 0.2) is 5.65 Å². The third kappa shape index (κ3) is 3.02. The molecule has 0 aliphatic heterocycles. The third-order valence-electron chi connectivity index (χ3n) is 4.06. The number of rotatable bonds is 4. The van der Waals surface area contributed by atoms with E-state index in [0.29, 0.717) is 28.8 Å². The molecular weight excluding hydrogens is 328 g/mol. The van der Waals surface area contributed by atoms with Crippen molar-refractivity contribution in [1.82, 2.24) is 30.0 Å². The van der Waals surface area contributed by atoms with Crippen molar-refractivity contribution in [1.29, 1.82) is 0 Å². The van der Waals surface area contributed by atoms with Gasteiger partial charge in [-0.05, 0) is 30.3 Å². The molecule has 0 aliphatic rings. The number of amides is 1. The van der Waals surface area contributed by atoms with Gasteiger partial charge in [-0.3, -0.25) is 19.4 Å². The number of nitrogens with one attached hydrogen (secondary N) is 1. The molecular formula is C19H16N6O.